The molecule has 31 heavy (non-hydrogen) atoms. The minimum absolute atomic E-state index is 0.0143. The molecule has 2 aliphatic rings. The van der Waals surface area contributed by atoms with Crippen molar-refractivity contribution in [2.75, 3.05) is 32.7 Å². The number of amides is 2. The Morgan fingerprint density at radius 1 is 1.16 bits per heavy atom. The fraction of sp³-hybridized carbons (Fsp3) is 0.476. The highest BCUT2D eigenvalue weighted by atomic mass is 19.4. The Morgan fingerprint density at radius 3 is 2.52 bits per heavy atom. The number of piperazine rings is 1. The van der Waals surface area contributed by atoms with E-state index in [0.29, 0.717) is 50.0 Å². The van der Waals surface area contributed by atoms with Gasteiger partial charge in [0.15, 0.2) is 0 Å². The van der Waals surface area contributed by atoms with Gasteiger partial charge in [-0.2, -0.15) is 18.3 Å². The molecular formula is C21H24F3N5O2. The van der Waals surface area contributed by atoms with E-state index in [-0.39, 0.29) is 17.5 Å². The van der Waals surface area contributed by atoms with Crippen molar-refractivity contribution in [3.05, 3.63) is 47.3 Å². The van der Waals surface area contributed by atoms with Crippen molar-refractivity contribution in [3.8, 4) is 5.69 Å². The number of halogens is 3. The number of carbonyl (C=O) groups excluding carboxylic acids is 2. The number of aromatic nitrogens is 2. The quantitative estimate of drug-likeness (QED) is 0.782. The van der Waals surface area contributed by atoms with Crippen LogP contribution in [0.2, 0.25) is 0 Å². The lowest BCUT2D eigenvalue weighted by Crippen LogP contribution is -2.51. The van der Waals surface area contributed by atoms with Crippen molar-refractivity contribution in [2.24, 2.45) is 0 Å². The van der Waals surface area contributed by atoms with E-state index in [1.54, 1.807) is 11.8 Å². The molecule has 0 atom stereocenters. The minimum atomic E-state index is -4.45. The number of hydrogen-bond acceptors (Lipinski definition) is 4. The number of rotatable bonds is 5. The van der Waals surface area contributed by atoms with Crippen LogP contribution in [0.1, 0.15) is 34.5 Å². The molecule has 1 saturated heterocycles. The van der Waals surface area contributed by atoms with Gasteiger partial charge in [-0.3, -0.25) is 14.5 Å². The summed E-state index contributed by atoms with van der Waals surface area (Å²) in [4.78, 5) is 28.6. The highest BCUT2D eigenvalue weighted by Gasteiger charge is 2.31. The van der Waals surface area contributed by atoms with Gasteiger partial charge >= 0.3 is 6.18 Å². The molecule has 0 radical (unpaired) electrons. The van der Waals surface area contributed by atoms with E-state index >= 15 is 0 Å². The molecule has 1 saturated carbocycles. The molecule has 2 aromatic rings. The molecule has 4 rings (SSSR count). The second-order valence-corrected chi connectivity index (χ2v) is 8.01. The van der Waals surface area contributed by atoms with Crippen LogP contribution in [-0.2, 0) is 11.0 Å². The highest BCUT2D eigenvalue weighted by molar-refractivity contribution is 5.95. The first-order valence-corrected chi connectivity index (χ1v) is 10.3. The van der Waals surface area contributed by atoms with Crippen LogP contribution < -0.4 is 5.32 Å². The smallest absolute Gasteiger partial charge is 0.352 e. The van der Waals surface area contributed by atoms with Gasteiger partial charge in [0.25, 0.3) is 5.91 Å². The Kier molecular flexibility index (Phi) is 5.74. The van der Waals surface area contributed by atoms with Crippen molar-refractivity contribution in [3.63, 3.8) is 0 Å². The predicted octanol–water partition coefficient (Wildman–Crippen LogP) is 2.24. The number of nitrogens with one attached hydrogen (secondary N) is 1. The summed E-state index contributed by atoms with van der Waals surface area (Å²) in [6.07, 6.45) is -0.971. The van der Waals surface area contributed by atoms with E-state index in [1.165, 1.54) is 23.0 Å². The number of alkyl halides is 3. The summed E-state index contributed by atoms with van der Waals surface area (Å²) in [5, 5.41) is 7.11. The number of benzene rings is 1. The molecule has 7 nitrogen and oxygen atoms in total. The second-order valence-electron chi connectivity index (χ2n) is 8.01. The molecule has 1 aliphatic heterocycles. The van der Waals surface area contributed by atoms with Gasteiger partial charge in [0, 0.05) is 32.2 Å². The van der Waals surface area contributed by atoms with Gasteiger partial charge in [-0.25, -0.2) is 4.68 Å². The molecule has 1 aromatic heterocycles. The first kappa shape index (κ1) is 21.4. The number of carbonyl (C=O) groups is 2. The average Bonchev–Trinajstić information content (AvgIpc) is 3.46. The average molecular weight is 435 g/mol. The van der Waals surface area contributed by atoms with Crippen LogP contribution in [0.15, 0.2) is 30.5 Å². The fourth-order valence-corrected chi connectivity index (χ4v) is 3.68. The predicted molar refractivity (Wildman–Crippen MR) is 107 cm³/mol. The van der Waals surface area contributed by atoms with Gasteiger partial charge in [0.05, 0.1) is 35.2 Å². The molecule has 166 valence electrons. The normalized spacial score (nSPS) is 17.6. The van der Waals surface area contributed by atoms with E-state index in [1.807, 2.05) is 4.90 Å². The maximum Gasteiger partial charge on any atom is 0.416 e. The van der Waals surface area contributed by atoms with Crippen LogP contribution in [0.3, 0.4) is 0 Å². The van der Waals surface area contributed by atoms with Crippen molar-refractivity contribution in [1.82, 2.24) is 24.9 Å². The Morgan fingerprint density at radius 2 is 1.87 bits per heavy atom. The Labute approximate surface area is 177 Å². The lowest BCUT2D eigenvalue weighted by molar-refractivity contribution is -0.137. The Bertz CT molecular complexity index is 976. The topological polar surface area (TPSA) is 70.5 Å². The van der Waals surface area contributed by atoms with Gasteiger partial charge in [-0.05, 0) is 38.0 Å². The van der Waals surface area contributed by atoms with Gasteiger partial charge in [-0.15, -0.1) is 0 Å². The van der Waals surface area contributed by atoms with Crippen LogP contribution >= 0.6 is 0 Å². The lowest BCUT2D eigenvalue weighted by Gasteiger charge is -2.34. The summed E-state index contributed by atoms with van der Waals surface area (Å²) in [6.45, 7) is 4.12. The monoisotopic (exact) mass is 435 g/mol. The van der Waals surface area contributed by atoms with E-state index in [2.05, 4.69) is 10.4 Å². The van der Waals surface area contributed by atoms with Crippen LogP contribution in [0.5, 0.6) is 0 Å². The summed E-state index contributed by atoms with van der Waals surface area (Å²) in [7, 11) is 0. The van der Waals surface area contributed by atoms with Gasteiger partial charge in [0.2, 0.25) is 5.91 Å². The molecule has 1 aliphatic carbocycles. The minimum Gasteiger partial charge on any atom is -0.352 e. The molecule has 2 amide bonds. The van der Waals surface area contributed by atoms with Crippen LogP contribution in [-0.4, -0.2) is 70.2 Å². The molecule has 0 bridgehead atoms. The van der Waals surface area contributed by atoms with E-state index in [9.17, 15) is 22.8 Å². The standard InChI is InChI=1S/C21H24F3N5O2/c1-14-18(12-25-29(14)17-4-2-3-15(11-17)21(22,23)24)20(31)28-9-7-27(8-10-28)13-19(30)26-16-5-6-16/h2-4,11-12,16H,5-10,13H2,1H3,(H,26,30). The molecule has 1 N–H and O–H groups in total. The fourth-order valence-electron chi connectivity index (χ4n) is 3.68. The number of nitrogens with zero attached hydrogens (tertiary/aromatic N) is 4. The zero-order valence-electron chi connectivity index (χ0n) is 17.2. The van der Waals surface area contributed by atoms with Gasteiger partial charge in [-0.1, -0.05) is 6.07 Å². The van der Waals surface area contributed by atoms with Crippen LogP contribution in [0, 0.1) is 6.92 Å². The Hall–Kier alpha value is -2.88. The van der Waals surface area contributed by atoms with E-state index in [0.717, 1.165) is 25.0 Å². The van der Waals surface area contributed by atoms with Crippen LogP contribution in [0.25, 0.3) is 5.69 Å². The summed E-state index contributed by atoms with van der Waals surface area (Å²) in [5.41, 5.74) is 0.320. The first-order valence-electron chi connectivity index (χ1n) is 10.3. The van der Waals surface area contributed by atoms with Crippen molar-refractivity contribution >= 4 is 11.8 Å². The van der Waals surface area contributed by atoms with E-state index in [4.69, 9.17) is 0 Å². The molecule has 0 spiro atoms. The molecule has 1 aromatic carbocycles. The Balaban J connectivity index is 1.40. The maximum atomic E-state index is 13.0. The van der Waals surface area contributed by atoms with Crippen molar-refractivity contribution in [2.45, 2.75) is 32.0 Å². The largest absolute Gasteiger partial charge is 0.416 e. The summed E-state index contributed by atoms with van der Waals surface area (Å²) < 4.78 is 40.4. The van der Waals surface area contributed by atoms with Crippen molar-refractivity contribution < 1.29 is 22.8 Å². The third-order valence-corrected chi connectivity index (χ3v) is 5.63. The zero-order valence-corrected chi connectivity index (χ0v) is 17.2. The maximum absolute atomic E-state index is 13.0. The molecular weight excluding hydrogens is 411 g/mol. The van der Waals surface area contributed by atoms with Crippen LogP contribution in [0.4, 0.5) is 13.2 Å². The summed E-state index contributed by atoms with van der Waals surface area (Å²) in [5.74, 6) is -0.196. The third kappa shape index (κ3) is 4.90. The molecule has 2 heterocycles. The summed E-state index contributed by atoms with van der Waals surface area (Å²) in [6, 6.07) is 5.18. The molecule has 0 unspecified atom stereocenters. The number of hydrogen-bond donors (Lipinski definition) is 1. The van der Waals surface area contributed by atoms with Gasteiger partial charge in [0.1, 0.15) is 0 Å². The molecule has 10 heteroatoms. The lowest BCUT2D eigenvalue weighted by atomic mass is 10.1. The van der Waals surface area contributed by atoms with Gasteiger partial charge < -0.3 is 10.2 Å². The molecule has 2 fully saturated rings. The SMILES string of the molecule is Cc1c(C(=O)N2CCN(CC(=O)NC3CC3)CC2)cnn1-c1cccc(C(F)(F)F)c1. The first-order chi connectivity index (χ1) is 14.7. The summed E-state index contributed by atoms with van der Waals surface area (Å²) >= 11 is 0. The zero-order chi connectivity index (χ0) is 22.2. The van der Waals surface area contributed by atoms with E-state index < -0.39 is 11.7 Å². The second kappa shape index (κ2) is 8.33. The highest BCUT2D eigenvalue weighted by Crippen LogP contribution is 2.30. The third-order valence-electron chi connectivity index (χ3n) is 5.63. The van der Waals surface area contributed by atoms with Crippen molar-refractivity contribution in [1.29, 1.82) is 0 Å².